The smallest absolute Gasteiger partial charge is 0.224 e. The molecule has 0 aliphatic carbocycles. The van der Waals surface area contributed by atoms with Crippen molar-refractivity contribution in [3.8, 4) is 11.5 Å². The van der Waals surface area contributed by atoms with Crippen molar-refractivity contribution in [2.24, 2.45) is 0 Å². The van der Waals surface area contributed by atoms with Crippen molar-refractivity contribution in [2.75, 3.05) is 0 Å². The van der Waals surface area contributed by atoms with E-state index in [1.165, 1.54) is 0 Å². The zero-order valence-corrected chi connectivity index (χ0v) is 11.1. The lowest BCUT2D eigenvalue weighted by atomic mass is 10.0. The predicted octanol–water partition coefficient (Wildman–Crippen LogP) is 3.59. The molecule has 0 radical (unpaired) electrons. The minimum atomic E-state index is -1.01. The van der Waals surface area contributed by atoms with E-state index in [-0.39, 0.29) is 11.7 Å². The Bertz CT molecular complexity index is 535. The number of phenols is 1. The van der Waals surface area contributed by atoms with Gasteiger partial charge in [0.15, 0.2) is 0 Å². The molecule has 2 rings (SSSR count). The molecule has 0 aromatic heterocycles. The van der Waals surface area contributed by atoms with E-state index in [4.69, 9.17) is 4.74 Å². The number of aromatic hydroxyl groups is 1. The summed E-state index contributed by atoms with van der Waals surface area (Å²) in [6.45, 7) is 3.99. The van der Waals surface area contributed by atoms with Crippen LogP contribution in [0.2, 0.25) is 0 Å². The van der Waals surface area contributed by atoms with Crippen molar-refractivity contribution in [1.82, 2.24) is 0 Å². The molecule has 3 nitrogen and oxygen atoms in total. The summed E-state index contributed by atoms with van der Waals surface area (Å²) in [6.07, 6.45) is -1.01. The second-order valence-corrected chi connectivity index (χ2v) is 4.76. The van der Waals surface area contributed by atoms with E-state index in [1.807, 2.05) is 32.0 Å². The molecule has 1 atom stereocenters. The molecule has 1 unspecified atom stereocenters. The fourth-order valence-electron chi connectivity index (χ4n) is 1.88. The van der Waals surface area contributed by atoms with Crippen LogP contribution in [0.3, 0.4) is 0 Å². The predicted molar refractivity (Wildman–Crippen MR) is 74.2 cm³/mol. The SMILES string of the molecule is CC(C)c1cc(OC(O)c2ccccc2)ccc1O. The summed E-state index contributed by atoms with van der Waals surface area (Å²) in [7, 11) is 0. The standard InChI is InChI=1S/C16H18O3/c1-11(2)14-10-13(8-9-15(14)17)19-16(18)12-6-4-3-5-7-12/h3-11,16-18H,1-2H3. The number of ether oxygens (including phenoxy) is 1. The van der Waals surface area contributed by atoms with E-state index in [0.717, 1.165) is 5.56 Å². The van der Waals surface area contributed by atoms with Crippen molar-refractivity contribution >= 4 is 0 Å². The van der Waals surface area contributed by atoms with Crippen molar-refractivity contribution in [2.45, 2.75) is 26.1 Å². The lowest BCUT2D eigenvalue weighted by Crippen LogP contribution is -2.06. The summed E-state index contributed by atoms with van der Waals surface area (Å²) in [6, 6.07) is 14.2. The molecule has 0 bridgehead atoms. The first-order valence-corrected chi connectivity index (χ1v) is 6.30. The van der Waals surface area contributed by atoms with Crippen LogP contribution in [0.4, 0.5) is 0 Å². The van der Waals surface area contributed by atoms with Gasteiger partial charge in [-0.1, -0.05) is 44.2 Å². The third-order valence-electron chi connectivity index (χ3n) is 2.95. The highest BCUT2D eigenvalue weighted by molar-refractivity contribution is 5.41. The number of rotatable bonds is 4. The van der Waals surface area contributed by atoms with Crippen LogP contribution >= 0.6 is 0 Å². The molecule has 0 heterocycles. The van der Waals surface area contributed by atoms with Gasteiger partial charge in [-0.2, -0.15) is 0 Å². The maximum Gasteiger partial charge on any atom is 0.224 e. The van der Waals surface area contributed by atoms with Crippen molar-refractivity contribution in [3.05, 3.63) is 59.7 Å². The Hall–Kier alpha value is -2.00. The topological polar surface area (TPSA) is 49.7 Å². The molecule has 2 aromatic rings. The lowest BCUT2D eigenvalue weighted by Gasteiger charge is -2.16. The molecule has 100 valence electrons. The average molecular weight is 258 g/mol. The van der Waals surface area contributed by atoms with Crippen LogP contribution in [-0.2, 0) is 0 Å². The molecule has 2 aromatic carbocycles. The summed E-state index contributed by atoms with van der Waals surface area (Å²) in [5.41, 5.74) is 1.50. The van der Waals surface area contributed by atoms with E-state index in [0.29, 0.717) is 11.3 Å². The van der Waals surface area contributed by atoms with Gasteiger partial charge >= 0.3 is 0 Å². The van der Waals surface area contributed by atoms with Crippen molar-refractivity contribution in [3.63, 3.8) is 0 Å². The normalized spacial score (nSPS) is 12.4. The molecule has 3 heteroatoms. The van der Waals surface area contributed by atoms with E-state index >= 15 is 0 Å². The van der Waals surface area contributed by atoms with Crippen LogP contribution in [0, 0.1) is 0 Å². The van der Waals surface area contributed by atoms with Crippen LogP contribution < -0.4 is 4.74 Å². The van der Waals surface area contributed by atoms with Gasteiger partial charge in [-0.3, -0.25) is 0 Å². The molecule has 2 N–H and O–H groups in total. The van der Waals surface area contributed by atoms with Gasteiger partial charge in [0.1, 0.15) is 11.5 Å². The minimum Gasteiger partial charge on any atom is -0.508 e. The first-order chi connectivity index (χ1) is 9.08. The number of aliphatic hydroxyl groups excluding tert-OH is 1. The van der Waals surface area contributed by atoms with E-state index in [9.17, 15) is 10.2 Å². The quantitative estimate of drug-likeness (QED) is 0.824. The van der Waals surface area contributed by atoms with E-state index in [1.54, 1.807) is 30.3 Å². The second kappa shape index (κ2) is 5.76. The highest BCUT2D eigenvalue weighted by atomic mass is 16.6. The third kappa shape index (κ3) is 3.26. The first kappa shape index (κ1) is 13.4. The van der Waals surface area contributed by atoms with Gasteiger partial charge in [-0.15, -0.1) is 0 Å². The fraction of sp³-hybridized carbons (Fsp3) is 0.250. The fourth-order valence-corrected chi connectivity index (χ4v) is 1.88. The second-order valence-electron chi connectivity index (χ2n) is 4.76. The number of aliphatic hydroxyl groups is 1. The Morgan fingerprint density at radius 2 is 1.68 bits per heavy atom. The molecule has 0 fully saturated rings. The number of benzene rings is 2. The van der Waals surface area contributed by atoms with Gasteiger partial charge in [0.05, 0.1) is 0 Å². The maximum atomic E-state index is 9.99. The number of hydrogen-bond donors (Lipinski definition) is 2. The van der Waals surface area contributed by atoms with Crippen LogP contribution in [0.1, 0.15) is 37.2 Å². The Morgan fingerprint density at radius 3 is 2.32 bits per heavy atom. The van der Waals surface area contributed by atoms with Gasteiger partial charge in [0, 0.05) is 11.1 Å². The Balaban J connectivity index is 2.18. The molecule has 0 spiro atoms. The van der Waals surface area contributed by atoms with E-state index < -0.39 is 6.29 Å². The summed E-state index contributed by atoms with van der Waals surface area (Å²) < 4.78 is 5.49. The molecular weight excluding hydrogens is 240 g/mol. The van der Waals surface area contributed by atoms with Crippen LogP contribution in [0.25, 0.3) is 0 Å². The average Bonchev–Trinajstić information content (AvgIpc) is 2.41. The van der Waals surface area contributed by atoms with Crippen LogP contribution in [0.15, 0.2) is 48.5 Å². The van der Waals surface area contributed by atoms with Crippen molar-refractivity contribution < 1.29 is 14.9 Å². The summed E-state index contributed by atoms with van der Waals surface area (Å²) in [5, 5.41) is 19.7. The number of phenolic OH excluding ortho intramolecular Hbond substituents is 1. The molecule has 0 aliphatic rings. The van der Waals surface area contributed by atoms with Crippen molar-refractivity contribution in [1.29, 1.82) is 0 Å². The maximum absolute atomic E-state index is 9.99. The number of hydrogen-bond acceptors (Lipinski definition) is 3. The van der Waals surface area contributed by atoms with Gasteiger partial charge in [0.2, 0.25) is 6.29 Å². The monoisotopic (exact) mass is 258 g/mol. The molecule has 0 saturated carbocycles. The largest absolute Gasteiger partial charge is 0.508 e. The molecule has 0 amide bonds. The van der Waals surface area contributed by atoms with E-state index in [2.05, 4.69) is 0 Å². The highest BCUT2D eigenvalue weighted by Crippen LogP contribution is 2.30. The summed E-state index contributed by atoms with van der Waals surface area (Å²) >= 11 is 0. The summed E-state index contributed by atoms with van der Waals surface area (Å²) in [5.74, 6) is 0.979. The minimum absolute atomic E-state index is 0.192. The van der Waals surface area contributed by atoms with Gasteiger partial charge < -0.3 is 14.9 Å². The molecule has 0 aliphatic heterocycles. The zero-order valence-electron chi connectivity index (χ0n) is 11.1. The third-order valence-corrected chi connectivity index (χ3v) is 2.95. The highest BCUT2D eigenvalue weighted by Gasteiger charge is 2.11. The van der Waals surface area contributed by atoms with Gasteiger partial charge in [-0.25, -0.2) is 0 Å². The first-order valence-electron chi connectivity index (χ1n) is 6.30. The molecule has 0 saturated heterocycles. The Labute approximate surface area is 113 Å². The lowest BCUT2D eigenvalue weighted by molar-refractivity contribution is -0.0195. The molecule has 19 heavy (non-hydrogen) atoms. The Kier molecular flexibility index (Phi) is 4.07. The summed E-state index contributed by atoms with van der Waals surface area (Å²) in [4.78, 5) is 0. The molecular formula is C16H18O3. The Morgan fingerprint density at radius 1 is 1.00 bits per heavy atom. The van der Waals surface area contributed by atoms with Crippen LogP contribution in [-0.4, -0.2) is 10.2 Å². The zero-order chi connectivity index (χ0) is 13.8. The van der Waals surface area contributed by atoms with Gasteiger partial charge in [-0.05, 0) is 24.1 Å². The van der Waals surface area contributed by atoms with Gasteiger partial charge in [0.25, 0.3) is 0 Å². The van der Waals surface area contributed by atoms with Crippen LogP contribution in [0.5, 0.6) is 11.5 Å².